The van der Waals surface area contributed by atoms with Gasteiger partial charge in [-0.2, -0.15) is 17.6 Å². The third-order valence-corrected chi connectivity index (χ3v) is 8.51. The molecular formula is C27H27F4N3O9P2. The normalized spacial score (nSPS) is 13.9. The number of halogens is 4. The third kappa shape index (κ3) is 8.63. The van der Waals surface area contributed by atoms with Gasteiger partial charge < -0.3 is 35.9 Å². The van der Waals surface area contributed by atoms with Crippen LogP contribution in [0.25, 0.3) is 0 Å². The minimum Gasteiger partial charge on any atom is -0.368 e. The maximum Gasteiger partial charge on any atom is 0.399 e. The van der Waals surface area contributed by atoms with E-state index in [-0.39, 0.29) is 29.5 Å². The Balaban J connectivity index is 1.84. The van der Waals surface area contributed by atoms with Crippen LogP contribution in [-0.4, -0.2) is 49.4 Å². The Morgan fingerprint density at radius 1 is 0.667 bits per heavy atom. The van der Waals surface area contributed by atoms with Gasteiger partial charge in [-0.15, -0.1) is 0 Å². The SMILES string of the molecule is NC(=O)[C@@H](Cc1ccc(C(F)(F)P(=O)(O)O)cc1)NC(=O)[C@@H](Cc1ccc(C(F)(F)P(=O)(O)O)cc1)NC(=O)c1ccccc1. The summed E-state index contributed by atoms with van der Waals surface area (Å²) >= 11 is 0. The lowest BCUT2D eigenvalue weighted by molar-refractivity contribution is -0.128. The molecular weight excluding hydrogens is 648 g/mol. The van der Waals surface area contributed by atoms with Gasteiger partial charge in [0.15, 0.2) is 0 Å². The van der Waals surface area contributed by atoms with Crippen molar-refractivity contribution in [1.82, 2.24) is 10.6 Å². The van der Waals surface area contributed by atoms with E-state index in [0.717, 1.165) is 48.5 Å². The molecule has 0 unspecified atom stereocenters. The molecule has 0 bridgehead atoms. The van der Waals surface area contributed by atoms with E-state index in [1.165, 1.54) is 12.1 Å². The fourth-order valence-corrected chi connectivity index (χ4v) is 5.00. The highest BCUT2D eigenvalue weighted by atomic mass is 31.2. The van der Waals surface area contributed by atoms with Gasteiger partial charge in [0.2, 0.25) is 11.8 Å². The molecule has 0 aromatic heterocycles. The summed E-state index contributed by atoms with van der Waals surface area (Å²) in [5.41, 5.74) is -5.04. The first-order chi connectivity index (χ1) is 20.7. The highest BCUT2D eigenvalue weighted by molar-refractivity contribution is 7.52. The van der Waals surface area contributed by atoms with Gasteiger partial charge in [-0.25, -0.2) is 0 Å². The molecule has 18 heteroatoms. The van der Waals surface area contributed by atoms with Crippen LogP contribution in [0.1, 0.15) is 32.6 Å². The summed E-state index contributed by atoms with van der Waals surface area (Å²) in [6, 6.07) is 11.9. The van der Waals surface area contributed by atoms with Crippen molar-refractivity contribution in [3.05, 3.63) is 107 Å². The van der Waals surface area contributed by atoms with Gasteiger partial charge in [0.25, 0.3) is 5.91 Å². The quantitative estimate of drug-likeness (QED) is 0.105. The van der Waals surface area contributed by atoms with Crippen LogP contribution in [0.3, 0.4) is 0 Å². The Morgan fingerprint density at radius 3 is 1.44 bits per heavy atom. The van der Waals surface area contributed by atoms with Crippen molar-refractivity contribution in [2.24, 2.45) is 5.73 Å². The van der Waals surface area contributed by atoms with E-state index in [9.17, 15) is 41.1 Å². The molecule has 0 aliphatic rings. The van der Waals surface area contributed by atoms with E-state index in [4.69, 9.17) is 25.3 Å². The van der Waals surface area contributed by atoms with E-state index in [2.05, 4.69) is 10.6 Å². The predicted molar refractivity (Wildman–Crippen MR) is 151 cm³/mol. The van der Waals surface area contributed by atoms with E-state index in [1.54, 1.807) is 18.2 Å². The number of carbonyl (C=O) groups is 3. The fraction of sp³-hybridized carbons (Fsp3) is 0.222. The number of alkyl halides is 4. The second-order valence-electron chi connectivity index (χ2n) is 9.83. The molecule has 3 aromatic carbocycles. The smallest absolute Gasteiger partial charge is 0.368 e. The standard InChI is InChI=1S/C27H27F4N3O9P2/c28-26(29,44(38,39)40)19-10-6-16(7-11-19)14-21(23(32)35)33-25(37)22(34-24(36)18-4-2-1-3-5-18)15-17-8-12-20(13-9-17)27(30,31)45(41,42)43/h1-13,21-22H,14-15H2,(H2,32,35)(H,33,37)(H,34,36)(H2,38,39,40)(H2,41,42,43)/t21-,22-/m1/s1. The van der Waals surface area contributed by atoms with Crippen LogP contribution >= 0.6 is 15.2 Å². The van der Waals surface area contributed by atoms with Gasteiger partial charge in [-0.1, -0.05) is 66.7 Å². The Kier molecular flexibility index (Phi) is 10.8. The van der Waals surface area contributed by atoms with Gasteiger partial charge in [0, 0.05) is 29.5 Å². The minimum atomic E-state index is -5.85. The predicted octanol–water partition coefficient (Wildman–Crippen LogP) is 2.69. The number of hydrogen-bond donors (Lipinski definition) is 7. The number of hydrogen-bond acceptors (Lipinski definition) is 5. The van der Waals surface area contributed by atoms with Gasteiger partial charge >= 0.3 is 26.5 Å². The number of carbonyl (C=O) groups excluding carboxylic acids is 3. The number of nitrogens with two attached hydrogens (primary N) is 1. The summed E-state index contributed by atoms with van der Waals surface area (Å²) in [6.07, 6.45) is -0.696. The molecule has 2 atom stereocenters. The molecule has 0 heterocycles. The lowest BCUT2D eigenvalue weighted by atomic mass is 10.0. The van der Waals surface area contributed by atoms with Crippen molar-refractivity contribution in [2.75, 3.05) is 0 Å². The zero-order chi connectivity index (χ0) is 33.8. The summed E-state index contributed by atoms with van der Waals surface area (Å²) in [4.78, 5) is 74.2. The first-order valence-corrected chi connectivity index (χ1v) is 16.0. The number of rotatable bonds is 13. The monoisotopic (exact) mass is 675 g/mol. The minimum absolute atomic E-state index is 0.144. The summed E-state index contributed by atoms with van der Waals surface area (Å²) in [5.74, 6) is -2.75. The van der Waals surface area contributed by atoms with Crippen LogP contribution < -0.4 is 16.4 Å². The first-order valence-electron chi connectivity index (χ1n) is 12.8. The molecule has 0 aliphatic carbocycles. The maximum atomic E-state index is 14.1. The molecule has 242 valence electrons. The topological polar surface area (TPSA) is 216 Å². The summed E-state index contributed by atoms with van der Waals surface area (Å²) < 4.78 is 78.4. The molecule has 0 spiro atoms. The summed E-state index contributed by atoms with van der Waals surface area (Å²) in [7, 11) is -11.7. The Labute approximate surface area is 253 Å². The van der Waals surface area contributed by atoms with Crippen molar-refractivity contribution in [2.45, 2.75) is 36.3 Å². The van der Waals surface area contributed by atoms with Crippen molar-refractivity contribution < 1.29 is 60.6 Å². The van der Waals surface area contributed by atoms with E-state index in [0.29, 0.717) is 0 Å². The Hall–Kier alpha value is -3.91. The van der Waals surface area contributed by atoms with Crippen LogP contribution in [0.4, 0.5) is 17.6 Å². The van der Waals surface area contributed by atoms with Crippen LogP contribution in [-0.2, 0) is 42.9 Å². The molecule has 0 fully saturated rings. The maximum absolute atomic E-state index is 14.1. The lowest BCUT2D eigenvalue weighted by Gasteiger charge is -2.23. The highest BCUT2D eigenvalue weighted by Gasteiger charge is 2.51. The van der Waals surface area contributed by atoms with Crippen molar-refractivity contribution in [1.29, 1.82) is 0 Å². The number of amides is 3. The summed E-state index contributed by atoms with van der Waals surface area (Å²) in [5, 5.41) is 4.81. The zero-order valence-electron chi connectivity index (χ0n) is 22.9. The zero-order valence-corrected chi connectivity index (χ0v) is 24.7. The van der Waals surface area contributed by atoms with E-state index in [1.807, 2.05) is 0 Å². The van der Waals surface area contributed by atoms with Gasteiger partial charge in [0.1, 0.15) is 12.1 Å². The van der Waals surface area contributed by atoms with Crippen LogP contribution in [0.2, 0.25) is 0 Å². The van der Waals surface area contributed by atoms with Gasteiger partial charge in [-0.3, -0.25) is 23.5 Å². The molecule has 0 saturated carbocycles. The summed E-state index contributed by atoms with van der Waals surface area (Å²) in [6.45, 7) is 0. The second-order valence-corrected chi connectivity index (χ2v) is 13.1. The number of primary amides is 1. The average Bonchev–Trinajstić information content (AvgIpc) is 2.96. The number of benzene rings is 3. The molecule has 0 radical (unpaired) electrons. The van der Waals surface area contributed by atoms with Crippen molar-refractivity contribution in [3.8, 4) is 0 Å². The van der Waals surface area contributed by atoms with Crippen LogP contribution in [0.15, 0.2) is 78.9 Å². The van der Waals surface area contributed by atoms with E-state index >= 15 is 0 Å². The molecule has 45 heavy (non-hydrogen) atoms. The Morgan fingerprint density at radius 2 is 1.07 bits per heavy atom. The van der Waals surface area contributed by atoms with E-state index < -0.39 is 67.5 Å². The van der Waals surface area contributed by atoms with Crippen LogP contribution in [0.5, 0.6) is 0 Å². The van der Waals surface area contributed by atoms with Crippen molar-refractivity contribution in [3.63, 3.8) is 0 Å². The third-order valence-electron chi connectivity index (χ3n) is 6.53. The molecule has 3 rings (SSSR count). The molecule has 0 aliphatic heterocycles. The van der Waals surface area contributed by atoms with Crippen molar-refractivity contribution >= 4 is 32.9 Å². The van der Waals surface area contributed by atoms with Gasteiger partial charge in [0.05, 0.1) is 0 Å². The molecule has 3 amide bonds. The van der Waals surface area contributed by atoms with Crippen LogP contribution in [0, 0.1) is 0 Å². The lowest BCUT2D eigenvalue weighted by Crippen LogP contribution is -2.54. The average molecular weight is 675 g/mol. The first kappa shape index (κ1) is 35.6. The highest BCUT2D eigenvalue weighted by Crippen LogP contribution is 2.60. The van der Waals surface area contributed by atoms with Gasteiger partial charge in [-0.05, 0) is 23.3 Å². The molecule has 3 aromatic rings. The molecule has 12 nitrogen and oxygen atoms in total. The second kappa shape index (κ2) is 13.6. The molecule has 8 N–H and O–H groups in total. The number of nitrogens with one attached hydrogen (secondary N) is 2. The molecule has 0 saturated heterocycles. The largest absolute Gasteiger partial charge is 0.399 e. The fourth-order valence-electron chi connectivity index (χ4n) is 4.03. The Bertz CT molecular complexity index is 1630.